The zero-order valence-corrected chi connectivity index (χ0v) is 19.7. The first-order chi connectivity index (χ1) is 17.6. The molecule has 0 saturated carbocycles. The van der Waals surface area contributed by atoms with Crippen LogP contribution in [0, 0.1) is 5.82 Å². The van der Waals surface area contributed by atoms with E-state index in [1.165, 1.54) is 12.1 Å². The fourth-order valence-electron chi connectivity index (χ4n) is 4.57. The summed E-state index contributed by atoms with van der Waals surface area (Å²) in [6.45, 7) is 0.463. The Labute approximate surface area is 209 Å². The highest BCUT2D eigenvalue weighted by molar-refractivity contribution is 6.08. The molecule has 0 amide bonds. The molecule has 0 spiro atoms. The Balaban J connectivity index is 1.50. The average molecular weight is 477 g/mol. The molecule has 0 aromatic heterocycles. The molecule has 4 aromatic carbocycles. The summed E-state index contributed by atoms with van der Waals surface area (Å²) in [4.78, 5) is 11.8. The van der Waals surface area contributed by atoms with Crippen molar-refractivity contribution in [2.45, 2.75) is 19.4 Å². The van der Waals surface area contributed by atoms with Crippen molar-refractivity contribution >= 4 is 23.2 Å². The van der Waals surface area contributed by atoms with Crippen LogP contribution in [-0.4, -0.2) is 11.1 Å². The lowest BCUT2D eigenvalue weighted by Crippen LogP contribution is -1.99. The van der Waals surface area contributed by atoms with Gasteiger partial charge in [-0.15, -0.1) is 0 Å². The summed E-state index contributed by atoms with van der Waals surface area (Å²) in [6.07, 6.45) is 2.46. The predicted octanol–water partition coefficient (Wildman–Crippen LogP) is 7.43. The molecule has 0 atom stereocenters. The van der Waals surface area contributed by atoms with Crippen LogP contribution in [-0.2, 0) is 17.8 Å². The number of hydrogen-bond acceptors (Lipinski definition) is 2. The van der Waals surface area contributed by atoms with Crippen LogP contribution >= 0.6 is 0 Å². The molecule has 0 unspecified atom stereocenters. The van der Waals surface area contributed by atoms with Crippen LogP contribution in [0.2, 0.25) is 0 Å². The standard InChI is InChI=1S/C32H25FO3/c33-25-15-16-27-28(18-23-11-13-24(14-12-23)21-36-26-9-5-2-6-10-26)29(17-22-7-3-1-4-8-22)31(20-32(34)35)30(27)19-25/h1-16,18-19H,17,20-21H2,(H,34,35)/b28-18+. The van der Waals surface area contributed by atoms with Gasteiger partial charge >= 0.3 is 5.97 Å². The normalized spacial score (nSPS) is 13.6. The van der Waals surface area contributed by atoms with E-state index >= 15 is 0 Å². The van der Waals surface area contributed by atoms with Crippen molar-refractivity contribution in [3.63, 3.8) is 0 Å². The SMILES string of the molecule is O=C(O)CC1=C(Cc2ccccc2)/C(=C/c2ccc(COc3ccccc3)cc2)c2ccc(F)cc21. The Kier molecular flexibility index (Phi) is 6.76. The van der Waals surface area contributed by atoms with Crippen LogP contribution in [0.4, 0.5) is 4.39 Å². The lowest BCUT2D eigenvalue weighted by molar-refractivity contribution is -0.135. The third-order valence-corrected chi connectivity index (χ3v) is 6.28. The summed E-state index contributed by atoms with van der Waals surface area (Å²) < 4.78 is 20.1. The Hall–Kier alpha value is -4.44. The average Bonchev–Trinajstić information content (AvgIpc) is 3.15. The lowest BCUT2D eigenvalue weighted by atomic mass is 9.94. The Morgan fingerprint density at radius 1 is 0.778 bits per heavy atom. The van der Waals surface area contributed by atoms with Crippen molar-refractivity contribution in [1.29, 1.82) is 0 Å². The number of carbonyl (C=O) groups is 1. The number of ether oxygens (including phenoxy) is 1. The van der Waals surface area contributed by atoms with Crippen molar-refractivity contribution in [3.8, 4) is 5.75 Å². The van der Waals surface area contributed by atoms with Crippen LogP contribution in [0.25, 0.3) is 17.2 Å². The number of hydrogen-bond donors (Lipinski definition) is 1. The molecule has 0 fully saturated rings. The van der Waals surface area contributed by atoms with Crippen LogP contribution in [0.5, 0.6) is 5.75 Å². The highest BCUT2D eigenvalue weighted by atomic mass is 19.1. The van der Waals surface area contributed by atoms with E-state index in [0.29, 0.717) is 24.2 Å². The van der Waals surface area contributed by atoms with Gasteiger partial charge in [-0.2, -0.15) is 0 Å². The summed E-state index contributed by atoms with van der Waals surface area (Å²) in [7, 11) is 0. The minimum Gasteiger partial charge on any atom is -0.489 e. The van der Waals surface area contributed by atoms with E-state index in [2.05, 4.69) is 6.08 Å². The zero-order valence-electron chi connectivity index (χ0n) is 19.7. The maximum atomic E-state index is 14.2. The fraction of sp³-hybridized carbons (Fsp3) is 0.0938. The van der Waals surface area contributed by atoms with Crippen LogP contribution in [0.15, 0.2) is 109 Å². The lowest BCUT2D eigenvalue weighted by Gasteiger charge is -2.10. The van der Waals surface area contributed by atoms with E-state index in [0.717, 1.165) is 39.1 Å². The highest BCUT2D eigenvalue weighted by Crippen LogP contribution is 2.45. The molecule has 4 heteroatoms. The van der Waals surface area contributed by atoms with Crippen molar-refractivity contribution in [2.75, 3.05) is 0 Å². The summed E-state index contributed by atoms with van der Waals surface area (Å²) in [5.41, 5.74) is 7.12. The van der Waals surface area contributed by atoms with Crippen LogP contribution < -0.4 is 4.74 Å². The number of benzene rings is 4. The first kappa shape index (κ1) is 23.3. The van der Waals surface area contributed by atoms with Gasteiger partial charge in [0.15, 0.2) is 0 Å². The third kappa shape index (κ3) is 5.28. The molecule has 0 saturated heterocycles. The maximum absolute atomic E-state index is 14.2. The Morgan fingerprint density at radius 2 is 1.47 bits per heavy atom. The van der Waals surface area contributed by atoms with Gasteiger partial charge in [0.05, 0.1) is 6.42 Å². The zero-order chi connectivity index (χ0) is 24.9. The quantitative estimate of drug-likeness (QED) is 0.288. The van der Waals surface area contributed by atoms with E-state index in [1.807, 2.05) is 84.9 Å². The minimum atomic E-state index is -0.935. The second-order valence-electron chi connectivity index (χ2n) is 8.78. The predicted molar refractivity (Wildman–Crippen MR) is 141 cm³/mol. The van der Waals surface area contributed by atoms with E-state index in [1.54, 1.807) is 6.07 Å². The molecule has 1 aliphatic carbocycles. The first-order valence-corrected chi connectivity index (χ1v) is 11.8. The molecule has 0 heterocycles. The molecule has 4 aromatic rings. The molecular weight excluding hydrogens is 451 g/mol. The minimum absolute atomic E-state index is 0.161. The van der Waals surface area contributed by atoms with Crippen molar-refractivity contribution in [2.24, 2.45) is 0 Å². The van der Waals surface area contributed by atoms with Gasteiger partial charge in [-0.05, 0) is 81.3 Å². The maximum Gasteiger partial charge on any atom is 0.307 e. The van der Waals surface area contributed by atoms with E-state index in [-0.39, 0.29) is 12.2 Å². The van der Waals surface area contributed by atoms with Gasteiger partial charge in [-0.3, -0.25) is 4.79 Å². The molecule has 0 radical (unpaired) electrons. The molecule has 0 aliphatic heterocycles. The smallest absolute Gasteiger partial charge is 0.307 e. The molecule has 178 valence electrons. The molecule has 0 bridgehead atoms. The molecule has 5 rings (SSSR count). The topological polar surface area (TPSA) is 46.5 Å². The van der Waals surface area contributed by atoms with E-state index in [4.69, 9.17) is 4.74 Å². The van der Waals surface area contributed by atoms with Gasteiger partial charge < -0.3 is 9.84 Å². The van der Waals surface area contributed by atoms with Gasteiger partial charge in [0.2, 0.25) is 0 Å². The summed E-state index contributed by atoms with van der Waals surface area (Å²) >= 11 is 0. The number of rotatable bonds is 8. The van der Waals surface area contributed by atoms with Gasteiger partial charge in [-0.25, -0.2) is 4.39 Å². The first-order valence-electron chi connectivity index (χ1n) is 11.8. The number of fused-ring (bicyclic) bond motifs is 1. The Morgan fingerprint density at radius 3 is 2.17 bits per heavy atom. The van der Waals surface area contributed by atoms with Crippen LogP contribution in [0.3, 0.4) is 0 Å². The largest absolute Gasteiger partial charge is 0.489 e. The van der Waals surface area contributed by atoms with Crippen molar-refractivity contribution in [3.05, 3.63) is 142 Å². The van der Waals surface area contributed by atoms with Gasteiger partial charge in [-0.1, -0.05) is 78.9 Å². The summed E-state index contributed by atoms with van der Waals surface area (Å²) in [5, 5.41) is 9.63. The van der Waals surface area contributed by atoms with Gasteiger partial charge in [0, 0.05) is 0 Å². The second kappa shape index (κ2) is 10.4. The number of aliphatic carboxylic acids is 1. The second-order valence-corrected chi connectivity index (χ2v) is 8.78. The fourth-order valence-corrected chi connectivity index (χ4v) is 4.57. The molecule has 36 heavy (non-hydrogen) atoms. The van der Waals surface area contributed by atoms with Crippen molar-refractivity contribution in [1.82, 2.24) is 0 Å². The van der Waals surface area contributed by atoms with Crippen molar-refractivity contribution < 1.29 is 19.0 Å². The van der Waals surface area contributed by atoms with E-state index < -0.39 is 5.97 Å². The monoisotopic (exact) mass is 476 g/mol. The molecule has 1 N–H and O–H groups in total. The molecule has 3 nitrogen and oxygen atoms in total. The number of carboxylic acids is 1. The highest BCUT2D eigenvalue weighted by Gasteiger charge is 2.28. The Bertz CT molecular complexity index is 1440. The van der Waals surface area contributed by atoms with Gasteiger partial charge in [0.1, 0.15) is 18.2 Å². The number of allylic oxidation sites excluding steroid dienone is 2. The summed E-state index contributed by atoms with van der Waals surface area (Å²) in [5.74, 6) is -0.491. The molecule has 1 aliphatic rings. The third-order valence-electron chi connectivity index (χ3n) is 6.28. The molecular formula is C32H25FO3. The van der Waals surface area contributed by atoms with Gasteiger partial charge in [0.25, 0.3) is 0 Å². The van der Waals surface area contributed by atoms with E-state index in [9.17, 15) is 14.3 Å². The number of carboxylic acid groups (broad SMARTS) is 1. The summed E-state index contributed by atoms with van der Waals surface area (Å²) in [6, 6.07) is 32.3. The number of halogens is 1. The number of para-hydroxylation sites is 1. The van der Waals surface area contributed by atoms with Crippen LogP contribution in [0.1, 0.15) is 34.2 Å².